The Kier molecular flexibility index (Phi) is 6.47. The molecule has 0 bridgehead atoms. The Bertz CT molecular complexity index is 1180. The van der Waals surface area contributed by atoms with E-state index in [2.05, 4.69) is 15.3 Å². The zero-order valence-electron chi connectivity index (χ0n) is 18.9. The van der Waals surface area contributed by atoms with Crippen LogP contribution in [-0.4, -0.2) is 64.5 Å². The maximum Gasteiger partial charge on any atom is 0.401 e. The van der Waals surface area contributed by atoms with Gasteiger partial charge in [0.15, 0.2) is 0 Å². The van der Waals surface area contributed by atoms with Crippen LogP contribution in [-0.2, 0) is 6.42 Å². The summed E-state index contributed by atoms with van der Waals surface area (Å²) >= 11 is 1.35. The Morgan fingerprint density at radius 2 is 1.97 bits per heavy atom. The standard InChI is InChI=1S/C23H25F6N5S/c1-12-7-14-19(32-22-21(14)35-11-30-22)20(34(12)10-23(27,28)29)18-15(25)8-13(9-16(18)26)31-17-3-6-33(17)5-2-4-24/h8-9,11-12,17,20,31-32H,2-7,10H2,1H3/t12-,17?,20-/m1/s1. The molecule has 5 rings (SSSR count). The number of aromatic nitrogens is 2. The largest absolute Gasteiger partial charge is 0.401 e. The number of halogens is 6. The van der Waals surface area contributed by atoms with Crippen molar-refractivity contribution in [2.45, 2.75) is 50.6 Å². The van der Waals surface area contributed by atoms with Gasteiger partial charge in [-0.3, -0.25) is 14.2 Å². The molecule has 190 valence electrons. The summed E-state index contributed by atoms with van der Waals surface area (Å²) in [6.07, 6.45) is -3.29. The lowest BCUT2D eigenvalue weighted by atomic mass is 9.89. The van der Waals surface area contributed by atoms with Crippen molar-refractivity contribution < 1.29 is 26.3 Å². The van der Waals surface area contributed by atoms with E-state index in [0.717, 1.165) is 40.3 Å². The summed E-state index contributed by atoms with van der Waals surface area (Å²) in [5, 5.41) is 3.06. The normalized spacial score (nSPS) is 23.5. The van der Waals surface area contributed by atoms with Gasteiger partial charge >= 0.3 is 6.18 Å². The quantitative estimate of drug-likeness (QED) is 0.401. The summed E-state index contributed by atoms with van der Waals surface area (Å²) in [5.74, 6) is -1.85. The molecule has 0 radical (unpaired) electrons. The third-order valence-corrected chi connectivity index (χ3v) is 7.73. The van der Waals surface area contributed by atoms with Crippen LogP contribution in [0.4, 0.5) is 32.0 Å². The molecule has 4 heterocycles. The fraction of sp³-hybridized carbons (Fsp3) is 0.522. The molecule has 2 aliphatic heterocycles. The van der Waals surface area contributed by atoms with E-state index in [1.54, 1.807) is 12.4 Å². The van der Waals surface area contributed by atoms with Gasteiger partial charge in [0.2, 0.25) is 0 Å². The number of hydrogen-bond acceptors (Lipinski definition) is 5. The molecular formula is C23H25F6N5S. The number of H-pyrrole nitrogens is 1. The molecular weight excluding hydrogens is 492 g/mol. The first-order valence-electron chi connectivity index (χ1n) is 11.5. The number of aromatic amines is 1. The van der Waals surface area contributed by atoms with E-state index in [9.17, 15) is 17.6 Å². The number of alkyl halides is 4. The van der Waals surface area contributed by atoms with Gasteiger partial charge in [-0.05, 0) is 43.9 Å². The fourth-order valence-corrected chi connectivity index (χ4v) is 5.98. The number of anilines is 1. The third kappa shape index (κ3) is 4.63. The van der Waals surface area contributed by atoms with Crippen molar-refractivity contribution in [1.82, 2.24) is 19.8 Å². The van der Waals surface area contributed by atoms with Crippen LogP contribution >= 0.6 is 11.3 Å². The van der Waals surface area contributed by atoms with Crippen molar-refractivity contribution >= 4 is 27.4 Å². The molecule has 1 unspecified atom stereocenters. The van der Waals surface area contributed by atoms with Gasteiger partial charge < -0.3 is 10.3 Å². The Hall–Kier alpha value is -2.31. The summed E-state index contributed by atoms with van der Waals surface area (Å²) < 4.78 is 84.8. The number of likely N-dealkylation sites (tertiary alicyclic amines) is 1. The number of hydrogen-bond donors (Lipinski definition) is 2. The number of nitrogens with zero attached hydrogens (tertiary/aromatic N) is 3. The van der Waals surface area contributed by atoms with Crippen LogP contribution < -0.4 is 5.32 Å². The molecule has 5 nitrogen and oxygen atoms in total. The van der Waals surface area contributed by atoms with E-state index in [1.807, 2.05) is 4.90 Å². The highest BCUT2D eigenvalue weighted by atomic mass is 32.1. The zero-order chi connectivity index (χ0) is 24.9. The number of fused-ring (bicyclic) bond motifs is 3. The molecule has 1 fully saturated rings. The first-order valence-corrected chi connectivity index (χ1v) is 12.4. The van der Waals surface area contributed by atoms with Crippen LogP contribution in [0.3, 0.4) is 0 Å². The minimum Gasteiger partial charge on any atom is -0.369 e. The number of thiazole rings is 1. The summed E-state index contributed by atoms with van der Waals surface area (Å²) in [6.45, 7) is 1.18. The Morgan fingerprint density at radius 3 is 2.60 bits per heavy atom. The highest BCUT2D eigenvalue weighted by Crippen LogP contribution is 2.44. The second kappa shape index (κ2) is 9.29. The van der Waals surface area contributed by atoms with Crippen molar-refractivity contribution in [2.24, 2.45) is 0 Å². The maximum absolute atomic E-state index is 15.5. The Balaban J connectivity index is 1.52. The van der Waals surface area contributed by atoms with Crippen LogP contribution in [0.25, 0.3) is 10.3 Å². The molecule has 1 saturated heterocycles. The van der Waals surface area contributed by atoms with Gasteiger partial charge in [0, 0.05) is 36.1 Å². The van der Waals surface area contributed by atoms with E-state index in [-0.39, 0.29) is 11.9 Å². The van der Waals surface area contributed by atoms with Crippen LogP contribution in [0.1, 0.15) is 42.6 Å². The van der Waals surface area contributed by atoms with E-state index in [4.69, 9.17) is 0 Å². The highest BCUT2D eigenvalue weighted by Gasteiger charge is 2.44. The minimum absolute atomic E-state index is 0.171. The minimum atomic E-state index is -4.55. The molecule has 35 heavy (non-hydrogen) atoms. The average molecular weight is 518 g/mol. The molecule has 0 saturated carbocycles. The Morgan fingerprint density at radius 1 is 1.23 bits per heavy atom. The second-order valence-electron chi connectivity index (χ2n) is 9.17. The maximum atomic E-state index is 15.5. The molecule has 2 N–H and O–H groups in total. The molecule has 0 aliphatic carbocycles. The SMILES string of the molecule is C[C@@H]1Cc2c([nH]c3ncsc23)[C@@H](c2c(F)cc(NC3CCN3CCCF)cc2F)N1CC(F)(F)F. The van der Waals surface area contributed by atoms with Gasteiger partial charge in [0.05, 0.1) is 35.6 Å². The number of benzene rings is 1. The van der Waals surface area contributed by atoms with Gasteiger partial charge in [-0.25, -0.2) is 13.8 Å². The highest BCUT2D eigenvalue weighted by molar-refractivity contribution is 7.16. The molecule has 3 atom stereocenters. The van der Waals surface area contributed by atoms with Gasteiger partial charge in [0.25, 0.3) is 0 Å². The molecule has 3 aromatic rings. The average Bonchev–Trinajstić information content (AvgIpc) is 3.34. The van der Waals surface area contributed by atoms with Crippen molar-refractivity contribution in [2.75, 3.05) is 31.6 Å². The number of rotatable bonds is 7. The van der Waals surface area contributed by atoms with Gasteiger partial charge in [-0.2, -0.15) is 13.2 Å². The van der Waals surface area contributed by atoms with E-state index in [0.29, 0.717) is 30.7 Å². The van der Waals surface area contributed by atoms with Crippen molar-refractivity contribution in [3.8, 4) is 0 Å². The van der Waals surface area contributed by atoms with Crippen LogP contribution in [0.15, 0.2) is 17.6 Å². The first kappa shape index (κ1) is 24.4. The topological polar surface area (TPSA) is 47.2 Å². The third-order valence-electron chi connectivity index (χ3n) is 6.85. The molecule has 0 amide bonds. The summed E-state index contributed by atoms with van der Waals surface area (Å²) in [4.78, 5) is 10.3. The molecule has 1 aromatic carbocycles. The van der Waals surface area contributed by atoms with Crippen molar-refractivity contribution in [1.29, 1.82) is 0 Å². The summed E-state index contributed by atoms with van der Waals surface area (Å²) in [6, 6.07) is 0.359. The molecule has 0 spiro atoms. The van der Waals surface area contributed by atoms with E-state index < -0.39 is 48.7 Å². The first-order chi connectivity index (χ1) is 16.7. The van der Waals surface area contributed by atoms with Gasteiger partial charge in [-0.15, -0.1) is 11.3 Å². The van der Waals surface area contributed by atoms with Gasteiger partial charge in [0.1, 0.15) is 17.3 Å². The van der Waals surface area contributed by atoms with Crippen LogP contribution in [0.2, 0.25) is 0 Å². The van der Waals surface area contributed by atoms with Crippen LogP contribution in [0, 0.1) is 11.6 Å². The second-order valence-corrected chi connectivity index (χ2v) is 10.0. The smallest absolute Gasteiger partial charge is 0.369 e. The summed E-state index contributed by atoms with van der Waals surface area (Å²) in [5.41, 5.74) is 2.99. The van der Waals surface area contributed by atoms with Crippen molar-refractivity contribution in [3.05, 3.63) is 46.1 Å². The summed E-state index contributed by atoms with van der Waals surface area (Å²) in [7, 11) is 0. The molecule has 12 heteroatoms. The lowest BCUT2D eigenvalue weighted by Crippen LogP contribution is -2.52. The number of nitrogens with one attached hydrogen (secondary N) is 2. The monoisotopic (exact) mass is 517 g/mol. The predicted octanol–water partition coefficient (Wildman–Crippen LogP) is 5.60. The lowest BCUT2D eigenvalue weighted by Gasteiger charge is -2.42. The molecule has 2 aliphatic rings. The van der Waals surface area contributed by atoms with Gasteiger partial charge in [-0.1, -0.05) is 0 Å². The lowest BCUT2D eigenvalue weighted by molar-refractivity contribution is -0.155. The van der Waals surface area contributed by atoms with Crippen LogP contribution in [0.5, 0.6) is 0 Å². The van der Waals surface area contributed by atoms with E-state index >= 15 is 8.78 Å². The fourth-order valence-electron chi connectivity index (χ4n) is 5.16. The molecule has 2 aromatic heterocycles. The van der Waals surface area contributed by atoms with E-state index in [1.165, 1.54) is 11.3 Å². The zero-order valence-corrected chi connectivity index (χ0v) is 19.7. The Labute approximate surface area is 202 Å². The van der Waals surface area contributed by atoms with Crippen molar-refractivity contribution in [3.63, 3.8) is 0 Å². The predicted molar refractivity (Wildman–Crippen MR) is 122 cm³/mol.